The van der Waals surface area contributed by atoms with Gasteiger partial charge in [-0.3, -0.25) is 4.79 Å². The molecule has 2 heteroatoms. The second kappa shape index (κ2) is 8.08. The average Bonchev–Trinajstić information content (AvgIpc) is 2.50. The van der Waals surface area contributed by atoms with Crippen LogP contribution in [-0.4, -0.2) is 17.4 Å². The van der Waals surface area contributed by atoms with Gasteiger partial charge in [-0.15, -0.1) is 0 Å². The monoisotopic (exact) mass is 275 g/mol. The maximum atomic E-state index is 12.7. The highest BCUT2D eigenvalue weighted by atomic mass is 16.2. The Morgan fingerprint density at radius 1 is 1.05 bits per heavy atom. The van der Waals surface area contributed by atoms with E-state index >= 15 is 0 Å². The van der Waals surface area contributed by atoms with Crippen LogP contribution in [0.15, 0.2) is 30.3 Å². The number of rotatable bonds is 7. The van der Waals surface area contributed by atoms with Gasteiger partial charge in [-0.05, 0) is 24.8 Å². The largest absolute Gasteiger partial charge is 0.335 e. The Morgan fingerprint density at radius 3 is 2.15 bits per heavy atom. The molecule has 0 radical (unpaired) electrons. The van der Waals surface area contributed by atoms with Crippen LogP contribution >= 0.6 is 0 Å². The van der Waals surface area contributed by atoms with Gasteiger partial charge in [-0.25, -0.2) is 0 Å². The van der Waals surface area contributed by atoms with E-state index in [0.717, 1.165) is 19.4 Å². The van der Waals surface area contributed by atoms with E-state index in [1.807, 2.05) is 25.1 Å². The molecule has 0 saturated carbocycles. The molecule has 0 bridgehead atoms. The molecule has 2 nitrogen and oxygen atoms in total. The Labute approximate surface area is 124 Å². The highest BCUT2D eigenvalue weighted by Crippen LogP contribution is 2.24. The Balaban J connectivity index is 2.94. The van der Waals surface area contributed by atoms with E-state index in [0.29, 0.717) is 5.92 Å². The third-order valence-electron chi connectivity index (χ3n) is 4.27. The van der Waals surface area contributed by atoms with Crippen LogP contribution in [0.3, 0.4) is 0 Å². The van der Waals surface area contributed by atoms with Gasteiger partial charge < -0.3 is 4.90 Å². The zero-order valence-electron chi connectivity index (χ0n) is 13.6. The van der Waals surface area contributed by atoms with Gasteiger partial charge in [0.1, 0.15) is 0 Å². The van der Waals surface area contributed by atoms with Gasteiger partial charge in [0.05, 0.1) is 6.04 Å². The molecule has 3 unspecified atom stereocenters. The predicted octanol–water partition coefficient (Wildman–Crippen LogP) is 4.67. The van der Waals surface area contributed by atoms with Gasteiger partial charge >= 0.3 is 0 Å². The number of hydrogen-bond donors (Lipinski definition) is 0. The van der Waals surface area contributed by atoms with E-state index in [-0.39, 0.29) is 17.9 Å². The average molecular weight is 275 g/mol. The summed E-state index contributed by atoms with van der Waals surface area (Å²) in [5.41, 5.74) is 1.22. The van der Waals surface area contributed by atoms with Crippen LogP contribution in [0.2, 0.25) is 0 Å². The molecule has 0 aliphatic heterocycles. The zero-order chi connectivity index (χ0) is 15.1. The van der Waals surface area contributed by atoms with Gasteiger partial charge in [0.15, 0.2) is 0 Å². The van der Waals surface area contributed by atoms with Crippen molar-refractivity contribution in [3.8, 4) is 0 Å². The molecule has 0 heterocycles. The van der Waals surface area contributed by atoms with E-state index in [1.165, 1.54) is 5.56 Å². The van der Waals surface area contributed by atoms with Crippen molar-refractivity contribution in [3.05, 3.63) is 35.9 Å². The Hall–Kier alpha value is -1.31. The van der Waals surface area contributed by atoms with E-state index in [9.17, 15) is 4.79 Å². The van der Waals surface area contributed by atoms with Crippen molar-refractivity contribution in [1.82, 2.24) is 4.90 Å². The number of carbonyl (C=O) groups is 1. The molecular formula is C18H29NO. The van der Waals surface area contributed by atoms with E-state index in [4.69, 9.17) is 0 Å². The van der Waals surface area contributed by atoms with Crippen LogP contribution in [0.25, 0.3) is 0 Å². The minimum absolute atomic E-state index is 0.102. The molecule has 1 rings (SSSR count). The first-order valence-corrected chi connectivity index (χ1v) is 7.86. The second-order valence-corrected chi connectivity index (χ2v) is 5.90. The molecule has 0 aliphatic carbocycles. The fourth-order valence-corrected chi connectivity index (χ4v) is 2.27. The molecule has 3 atom stereocenters. The fraction of sp³-hybridized carbons (Fsp3) is 0.611. The smallest absolute Gasteiger partial charge is 0.225 e. The molecule has 0 aromatic heterocycles. The molecular weight excluding hydrogens is 246 g/mol. The molecule has 1 aromatic rings. The summed E-state index contributed by atoms with van der Waals surface area (Å²) in [5.74, 6) is 0.920. The second-order valence-electron chi connectivity index (χ2n) is 5.90. The third-order valence-corrected chi connectivity index (χ3v) is 4.27. The van der Waals surface area contributed by atoms with Crippen molar-refractivity contribution >= 4 is 5.91 Å². The number of benzene rings is 1. The molecule has 20 heavy (non-hydrogen) atoms. The van der Waals surface area contributed by atoms with Crippen LogP contribution in [0, 0.1) is 11.8 Å². The summed E-state index contributed by atoms with van der Waals surface area (Å²) in [6.07, 6.45) is 2.00. The summed E-state index contributed by atoms with van der Waals surface area (Å²) in [6, 6.07) is 10.5. The van der Waals surface area contributed by atoms with Crippen molar-refractivity contribution in [3.63, 3.8) is 0 Å². The van der Waals surface area contributed by atoms with Gasteiger partial charge in [-0.2, -0.15) is 0 Å². The van der Waals surface area contributed by atoms with Crippen LogP contribution in [-0.2, 0) is 4.79 Å². The highest BCUT2D eigenvalue weighted by Gasteiger charge is 2.25. The first-order valence-electron chi connectivity index (χ1n) is 7.86. The lowest BCUT2D eigenvalue weighted by Crippen LogP contribution is -2.39. The quantitative estimate of drug-likeness (QED) is 0.708. The number of carbonyl (C=O) groups excluding carboxylic acids is 1. The van der Waals surface area contributed by atoms with Crippen molar-refractivity contribution in [2.24, 2.45) is 11.8 Å². The summed E-state index contributed by atoms with van der Waals surface area (Å²) < 4.78 is 0. The van der Waals surface area contributed by atoms with Gasteiger partial charge in [0.25, 0.3) is 0 Å². The highest BCUT2D eigenvalue weighted by molar-refractivity contribution is 5.79. The summed E-state index contributed by atoms with van der Waals surface area (Å²) >= 11 is 0. The summed E-state index contributed by atoms with van der Waals surface area (Å²) in [5, 5.41) is 0. The molecule has 0 spiro atoms. The molecule has 1 amide bonds. The molecule has 0 fully saturated rings. The maximum Gasteiger partial charge on any atom is 0.225 e. The van der Waals surface area contributed by atoms with Crippen molar-refractivity contribution in [2.75, 3.05) is 6.54 Å². The zero-order valence-corrected chi connectivity index (χ0v) is 13.6. The fourth-order valence-electron chi connectivity index (χ4n) is 2.27. The number of nitrogens with zero attached hydrogens (tertiary/aromatic N) is 1. The molecule has 0 saturated heterocycles. The summed E-state index contributed by atoms with van der Waals surface area (Å²) in [6.45, 7) is 11.5. The van der Waals surface area contributed by atoms with Gasteiger partial charge in [0, 0.05) is 12.5 Å². The first-order chi connectivity index (χ1) is 9.51. The SMILES string of the molecule is CCC(C)CN(C(=O)C(C)CC)C(C)c1ccccc1. The third kappa shape index (κ3) is 4.36. The number of hydrogen-bond acceptors (Lipinski definition) is 1. The van der Waals surface area contributed by atoms with Crippen LogP contribution in [0.4, 0.5) is 0 Å². The van der Waals surface area contributed by atoms with Gasteiger partial charge in [-0.1, -0.05) is 64.4 Å². The first kappa shape index (κ1) is 16.7. The standard InChI is InChI=1S/C18H29NO/c1-6-14(3)13-19(18(20)15(4)7-2)16(5)17-11-9-8-10-12-17/h8-12,14-16H,6-7,13H2,1-5H3. The minimum atomic E-state index is 0.102. The maximum absolute atomic E-state index is 12.7. The molecule has 0 aliphatic rings. The van der Waals surface area contributed by atoms with Crippen molar-refractivity contribution in [1.29, 1.82) is 0 Å². The van der Waals surface area contributed by atoms with E-state index in [2.05, 4.69) is 44.7 Å². The van der Waals surface area contributed by atoms with E-state index in [1.54, 1.807) is 0 Å². The summed E-state index contributed by atoms with van der Waals surface area (Å²) in [4.78, 5) is 14.7. The Bertz CT molecular complexity index is 401. The van der Waals surface area contributed by atoms with Crippen LogP contribution in [0.1, 0.15) is 59.1 Å². The van der Waals surface area contributed by atoms with Crippen molar-refractivity contribution < 1.29 is 4.79 Å². The number of amides is 1. The molecule has 1 aromatic carbocycles. The lowest BCUT2D eigenvalue weighted by Gasteiger charge is -2.33. The lowest BCUT2D eigenvalue weighted by atomic mass is 10.00. The van der Waals surface area contributed by atoms with E-state index < -0.39 is 0 Å². The van der Waals surface area contributed by atoms with Crippen LogP contribution in [0.5, 0.6) is 0 Å². The summed E-state index contributed by atoms with van der Waals surface area (Å²) in [7, 11) is 0. The predicted molar refractivity (Wildman–Crippen MR) is 85.5 cm³/mol. The molecule has 0 N–H and O–H groups in total. The molecule has 112 valence electrons. The Morgan fingerprint density at radius 2 is 1.65 bits per heavy atom. The van der Waals surface area contributed by atoms with Crippen molar-refractivity contribution in [2.45, 2.75) is 53.5 Å². The lowest BCUT2D eigenvalue weighted by molar-refractivity contribution is -0.138. The topological polar surface area (TPSA) is 20.3 Å². The Kier molecular flexibility index (Phi) is 6.77. The van der Waals surface area contributed by atoms with Crippen LogP contribution < -0.4 is 0 Å². The minimum Gasteiger partial charge on any atom is -0.335 e. The van der Waals surface area contributed by atoms with Gasteiger partial charge in [0.2, 0.25) is 5.91 Å². The normalized spacial score (nSPS) is 15.4.